The second-order valence-electron chi connectivity index (χ2n) is 6.61. The van der Waals surface area contributed by atoms with Crippen LogP contribution < -0.4 is 14.9 Å². The second-order valence-corrected chi connectivity index (χ2v) is 9.18. The number of halogens is 2. The molecule has 0 radical (unpaired) electrons. The normalized spacial score (nSPS) is 14.9. The fourth-order valence-corrected chi connectivity index (χ4v) is 4.86. The van der Waals surface area contributed by atoms with Gasteiger partial charge >= 0.3 is 0 Å². The summed E-state index contributed by atoms with van der Waals surface area (Å²) in [5.41, 5.74) is 0. The standard InChI is InChI=1S/C18H23Cl2N5O2S/c1-13-23-17(12-18(24-13)25-9-3-2-4-10-25)21-7-8-22-28(26,27)16-11-14(19)5-6-15(16)20/h5-6,11-12,22H,2-4,7-10H2,1H3,(H,21,23,24). The number of piperidine rings is 1. The van der Waals surface area contributed by atoms with E-state index in [4.69, 9.17) is 23.2 Å². The molecular formula is C18H23Cl2N5O2S. The molecule has 0 atom stereocenters. The lowest BCUT2D eigenvalue weighted by molar-refractivity contribution is 0.572. The van der Waals surface area contributed by atoms with Crippen molar-refractivity contribution in [2.45, 2.75) is 31.1 Å². The Morgan fingerprint density at radius 2 is 1.82 bits per heavy atom. The first-order valence-electron chi connectivity index (χ1n) is 9.14. The van der Waals surface area contributed by atoms with Gasteiger partial charge in [0.1, 0.15) is 22.4 Å². The highest BCUT2D eigenvalue weighted by Crippen LogP contribution is 2.24. The molecule has 1 aromatic carbocycles. The maximum Gasteiger partial charge on any atom is 0.242 e. The van der Waals surface area contributed by atoms with Crippen molar-refractivity contribution in [3.05, 3.63) is 40.1 Å². The van der Waals surface area contributed by atoms with Crippen LogP contribution in [-0.2, 0) is 10.0 Å². The van der Waals surface area contributed by atoms with E-state index in [2.05, 4.69) is 24.9 Å². The van der Waals surface area contributed by atoms with E-state index in [1.807, 2.05) is 13.0 Å². The van der Waals surface area contributed by atoms with Crippen LogP contribution in [0.1, 0.15) is 25.1 Å². The molecule has 1 aliphatic heterocycles. The zero-order valence-corrected chi connectivity index (χ0v) is 17.9. The Labute approximate surface area is 175 Å². The van der Waals surface area contributed by atoms with Gasteiger partial charge in [-0.1, -0.05) is 23.2 Å². The monoisotopic (exact) mass is 443 g/mol. The average Bonchev–Trinajstić information content (AvgIpc) is 2.67. The number of nitrogens with zero attached hydrogens (tertiary/aromatic N) is 3. The molecule has 7 nitrogen and oxygen atoms in total. The molecule has 0 saturated carbocycles. The summed E-state index contributed by atoms with van der Waals surface area (Å²) in [6, 6.07) is 6.24. The lowest BCUT2D eigenvalue weighted by Gasteiger charge is -2.28. The first-order valence-corrected chi connectivity index (χ1v) is 11.4. The highest BCUT2D eigenvalue weighted by Gasteiger charge is 2.18. The van der Waals surface area contributed by atoms with E-state index in [9.17, 15) is 8.42 Å². The van der Waals surface area contributed by atoms with Gasteiger partial charge in [-0.3, -0.25) is 0 Å². The van der Waals surface area contributed by atoms with Gasteiger partial charge in [-0.25, -0.2) is 23.1 Å². The first kappa shape index (κ1) is 21.1. The van der Waals surface area contributed by atoms with E-state index in [0.717, 1.165) is 18.9 Å². The number of benzene rings is 1. The molecule has 1 aliphatic rings. The van der Waals surface area contributed by atoms with Crippen LogP contribution in [0.4, 0.5) is 11.6 Å². The summed E-state index contributed by atoms with van der Waals surface area (Å²) in [7, 11) is -3.75. The largest absolute Gasteiger partial charge is 0.369 e. The Bertz CT molecular complexity index is 934. The summed E-state index contributed by atoms with van der Waals surface area (Å²) in [5, 5.41) is 3.59. The lowest BCUT2D eigenvalue weighted by atomic mass is 10.1. The van der Waals surface area contributed by atoms with Crippen molar-refractivity contribution >= 4 is 44.9 Å². The molecule has 0 unspecified atom stereocenters. The highest BCUT2D eigenvalue weighted by molar-refractivity contribution is 7.89. The highest BCUT2D eigenvalue weighted by atomic mass is 35.5. The zero-order valence-electron chi connectivity index (χ0n) is 15.6. The van der Waals surface area contributed by atoms with Crippen LogP contribution in [0.3, 0.4) is 0 Å². The average molecular weight is 444 g/mol. The van der Waals surface area contributed by atoms with Crippen LogP contribution in [0.15, 0.2) is 29.2 Å². The molecule has 2 N–H and O–H groups in total. The molecule has 0 spiro atoms. The number of sulfonamides is 1. The van der Waals surface area contributed by atoms with Gasteiger partial charge in [0.2, 0.25) is 10.0 Å². The van der Waals surface area contributed by atoms with Gasteiger partial charge in [-0.05, 0) is 44.4 Å². The first-order chi connectivity index (χ1) is 13.3. The minimum absolute atomic E-state index is 0.0352. The smallest absolute Gasteiger partial charge is 0.242 e. The third-order valence-corrected chi connectivity index (χ3v) is 6.59. The summed E-state index contributed by atoms with van der Waals surface area (Å²) in [6.45, 7) is 4.38. The summed E-state index contributed by atoms with van der Waals surface area (Å²) in [6.07, 6.45) is 3.59. The number of nitrogens with one attached hydrogen (secondary N) is 2. The van der Waals surface area contributed by atoms with Crippen molar-refractivity contribution in [3.8, 4) is 0 Å². The third kappa shape index (κ3) is 5.47. The summed E-state index contributed by atoms with van der Waals surface area (Å²) in [4.78, 5) is 11.1. The van der Waals surface area contributed by atoms with Crippen LogP contribution in [-0.4, -0.2) is 44.6 Å². The lowest BCUT2D eigenvalue weighted by Crippen LogP contribution is -2.31. The minimum atomic E-state index is -3.75. The third-order valence-electron chi connectivity index (χ3n) is 4.41. The Kier molecular flexibility index (Phi) is 6.98. The Morgan fingerprint density at radius 1 is 1.07 bits per heavy atom. The molecule has 1 saturated heterocycles. The maximum absolute atomic E-state index is 12.4. The molecule has 152 valence electrons. The molecule has 1 fully saturated rings. The van der Waals surface area contributed by atoms with E-state index in [-0.39, 0.29) is 16.5 Å². The van der Waals surface area contributed by atoms with Crippen LogP contribution in [0.25, 0.3) is 0 Å². The fourth-order valence-electron chi connectivity index (χ4n) is 3.06. The number of rotatable bonds is 7. The minimum Gasteiger partial charge on any atom is -0.369 e. The molecule has 0 amide bonds. The van der Waals surface area contributed by atoms with Gasteiger partial charge in [0.25, 0.3) is 0 Å². The summed E-state index contributed by atoms with van der Waals surface area (Å²) < 4.78 is 27.4. The van der Waals surface area contributed by atoms with Gasteiger partial charge in [-0.2, -0.15) is 0 Å². The Hall–Kier alpha value is -1.61. The number of anilines is 2. The second kappa shape index (κ2) is 9.26. The predicted octanol–water partition coefficient (Wildman–Crippen LogP) is 3.47. The SMILES string of the molecule is Cc1nc(NCCNS(=O)(=O)c2cc(Cl)ccc2Cl)cc(N2CCCCC2)n1. The Morgan fingerprint density at radius 3 is 2.57 bits per heavy atom. The molecule has 1 aromatic heterocycles. The number of aromatic nitrogens is 2. The van der Waals surface area contributed by atoms with E-state index >= 15 is 0 Å². The molecular weight excluding hydrogens is 421 g/mol. The van der Waals surface area contributed by atoms with Crippen molar-refractivity contribution in [2.75, 3.05) is 36.4 Å². The number of hydrogen-bond acceptors (Lipinski definition) is 6. The van der Waals surface area contributed by atoms with Crippen molar-refractivity contribution in [1.82, 2.24) is 14.7 Å². The Balaban J connectivity index is 1.59. The number of aryl methyl sites for hydroxylation is 1. The van der Waals surface area contributed by atoms with Gasteiger partial charge in [0.05, 0.1) is 5.02 Å². The molecule has 0 bridgehead atoms. The molecule has 3 rings (SSSR count). The van der Waals surface area contributed by atoms with Crippen molar-refractivity contribution in [2.24, 2.45) is 0 Å². The van der Waals surface area contributed by atoms with Crippen LogP contribution in [0.5, 0.6) is 0 Å². The molecule has 28 heavy (non-hydrogen) atoms. The zero-order chi connectivity index (χ0) is 20.1. The van der Waals surface area contributed by atoms with Crippen molar-refractivity contribution in [3.63, 3.8) is 0 Å². The van der Waals surface area contributed by atoms with Gasteiger partial charge in [0.15, 0.2) is 0 Å². The molecule has 10 heteroatoms. The van der Waals surface area contributed by atoms with Crippen molar-refractivity contribution in [1.29, 1.82) is 0 Å². The summed E-state index contributed by atoms with van der Waals surface area (Å²) >= 11 is 11.9. The fraction of sp³-hybridized carbons (Fsp3) is 0.444. The van der Waals surface area contributed by atoms with E-state index < -0.39 is 10.0 Å². The van der Waals surface area contributed by atoms with Crippen molar-refractivity contribution < 1.29 is 8.42 Å². The quantitative estimate of drug-likeness (QED) is 0.636. The van der Waals surface area contributed by atoms with Crippen LogP contribution in [0.2, 0.25) is 10.0 Å². The van der Waals surface area contributed by atoms with E-state index in [0.29, 0.717) is 23.2 Å². The van der Waals surface area contributed by atoms with Gasteiger partial charge < -0.3 is 10.2 Å². The van der Waals surface area contributed by atoms with Gasteiger partial charge in [-0.15, -0.1) is 0 Å². The number of hydrogen-bond donors (Lipinski definition) is 2. The summed E-state index contributed by atoms with van der Waals surface area (Å²) in [5.74, 6) is 2.26. The topological polar surface area (TPSA) is 87.2 Å². The van der Waals surface area contributed by atoms with Crippen LogP contribution in [0, 0.1) is 6.92 Å². The van der Waals surface area contributed by atoms with Gasteiger partial charge in [0, 0.05) is 37.3 Å². The van der Waals surface area contributed by atoms with E-state index in [1.165, 1.54) is 31.4 Å². The van der Waals surface area contributed by atoms with Crippen LogP contribution >= 0.6 is 23.2 Å². The maximum atomic E-state index is 12.4. The molecule has 2 aromatic rings. The molecule has 2 heterocycles. The molecule has 0 aliphatic carbocycles. The predicted molar refractivity (Wildman–Crippen MR) is 113 cm³/mol. The van der Waals surface area contributed by atoms with E-state index in [1.54, 1.807) is 6.07 Å².